The number of aryl methyl sites for hydroxylation is 1. The highest BCUT2D eigenvalue weighted by molar-refractivity contribution is 5.40. The van der Waals surface area contributed by atoms with E-state index >= 15 is 0 Å². The van der Waals surface area contributed by atoms with Crippen molar-refractivity contribution < 1.29 is 4.39 Å². The second kappa shape index (κ2) is 7.22. The van der Waals surface area contributed by atoms with Crippen LogP contribution in [0.5, 0.6) is 0 Å². The van der Waals surface area contributed by atoms with E-state index in [9.17, 15) is 4.39 Å². The minimum Gasteiger partial charge on any atom is -0.341 e. The number of nitrogens with zero attached hydrogens (tertiary/aromatic N) is 6. The Balaban J connectivity index is 1.39. The quantitative estimate of drug-likeness (QED) is 0.686. The second-order valence-electron chi connectivity index (χ2n) is 8.23. The summed E-state index contributed by atoms with van der Waals surface area (Å²) in [6.07, 6.45) is 8.42. The van der Waals surface area contributed by atoms with Gasteiger partial charge in [0.15, 0.2) is 5.82 Å². The zero-order chi connectivity index (χ0) is 19.8. The number of imidazole rings is 1. The molecule has 1 spiro atoms. The molecule has 0 saturated carbocycles. The molecular formula is C22H25FN6. The Morgan fingerprint density at radius 1 is 1.07 bits per heavy atom. The van der Waals surface area contributed by atoms with Crippen LogP contribution >= 0.6 is 0 Å². The molecule has 2 aromatic heterocycles. The van der Waals surface area contributed by atoms with E-state index in [2.05, 4.69) is 60.6 Å². The Kier molecular flexibility index (Phi) is 4.54. The average Bonchev–Trinajstić information content (AvgIpc) is 3.14. The first-order valence-electron chi connectivity index (χ1n) is 10.1. The van der Waals surface area contributed by atoms with Gasteiger partial charge in [0.25, 0.3) is 0 Å². The van der Waals surface area contributed by atoms with Crippen molar-refractivity contribution in [1.82, 2.24) is 24.4 Å². The monoisotopic (exact) mass is 392 g/mol. The molecule has 3 aromatic rings. The summed E-state index contributed by atoms with van der Waals surface area (Å²) in [5.41, 5.74) is 3.02. The zero-order valence-electron chi connectivity index (χ0n) is 16.6. The van der Waals surface area contributed by atoms with Crippen molar-refractivity contribution >= 4 is 5.95 Å². The van der Waals surface area contributed by atoms with E-state index in [1.807, 2.05) is 12.4 Å². The van der Waals surface area contributed by atoms with Gasteiger partial charge < -0.3 is 9.47 Å². The number of piperidine rings is 1. The summed E-state index contributed by atoms with van der Waals surface area (Å²) >= 11 is 0. The average molecular weight is 392 g/mol. The van der Waals surface area contributed by atoms with Gasteiger partial charge in [-0.3, -0.25) is 4.90 Å². The van der Waals surface area contributed by atoms with Gasteiger partial charge in [0.1, 0.15) is 5.82 Å². The Hall–Kier alpha value is -2.80. The Bertz CT molecular complexity index is 991. The van der Waals surface area contributed by atoms with Crippen LogP contribution in [0.15, 0.2) is 49.1 Å². The molecule has 0 aliphatic carbocycles. The zero-order valence-corrected chi connectivity index (χ0v) is 16.6. The molecule has 2 aliphatic heterocycles. The van der Waals surface area contributed by atoms with Gasteiger partial charge in [-0.05, 0) is 24.0 Å². The third kappa shape index (κ3) is 3.40. The fourth-order valence-corrected chi connectivity index (χ4v) is 4.88. The predicted octanol–water partition coefficient (Wildman–Crippen LogP) is 2.90. The number of hydrogen-bond acceptors (Lipinski definition) is 5. The van der Waals surface area contributed by atoms with Crippen molar-refractivity contribution in [3.8, 4) is 0 Å². The van der Waals surface area contributed by atoms with Crippen molar-refractivity contribution in [3.05, 3.63) is 71.8 Å². The fourth-order valence-electron chi connectivity index (χ4n) is 4.88. The largest absolute Gasteiger partial charge is 0.341 e. The van der Waals surface area contributed by atoms with Crippen molar-refractivity contribution in [2.75, 3.05) is 24.5 Å². The normalized spacial score (nSPS) is 18.8. The number of benzene rings is 1. The van der Waals surface area contributed by atoms with Crippen molar-refractivity contribution in [1.29, 1.82) is 0 Å². The molecule has 0 N–H and O–H groups in total. The number of halogens is 1. The number of rotatable bonds is 3. The molecule has 0 unspecified atom stereocenters. The Morgan fingerprint density at radius 3 is 2.55 bits per heavy atom. The first-order chi connectivity index (χ1) is 14.1. The molecule has 5 rings (SSSR count). The maximum atomic E-state index is 13.2. The maximum Gasteiger partial charge on any atom is 0.225 e. The van der Waals surface area contributed by atoms with Crippen LogP contribution in [0.1, 0.15) is 29.8 Å². The molecule has 2 aliphatic rings. The molecule has 7 heteroatoms. The molecule has 0 radical (unpaired) electrons. The summed E-state index contributed by atoms with van der Waals surface area (Å²) in [5, 5.41) is 0. The summed E-state index contributed by atoms with van der Waals surface area (Å²) in [6.45, 7) is 4.57. The lowest BCUT2D eigenvalue weighted by Gasteiger charge is -2.48. The summed E-state index contributed by atoms with van der Waals surface area (Å²) < 4.78 is 15.3. The van der Waals surface area contributed by atoms with Crippen LogP contribution in [0.2, 0.25) is 0 Å². The van der Waals surface area contributed by atoms with E-state index in [1.165, 1.54) is 23.5 Å². The van der Waals surface area contributed by atoms with Crippen molar-refractivity contribution in [2.45, 2.75) is 31.3 Å². The summed E-state index contributed by atoms with van der Waals surface area (Å²) in [7, 11) is 2.05. The number of aromatic nitrogens is 4. The molecule has 29 heavy (non-hydrogen) atoms. The molecule has 1 fully saturated rings. The molecule has 0 atom stereocenters. The smallest absolute Gasteiger partial charge is 0.225 e. The lowest BCUT2D eigenvalue weighted by Crippen LogP contribution is -2.52. The van der Waals surface area contributed by atoms with Gasteiger partial charge in [0.2, 0.25) is 5.95 Å². The SMILES string of the molecule is Cn1ccnc1CN1Cc2ccccc2C2(CCN(c3ncc(F)cn3)CC2)C1. The third-order valence-corrected chi connectivity index (χ3v) is 6.41. The Morgan fingerprint density at radius 2 is 1.83 bits per heavy atom. The van der Waals surface area contributed by atoms with Crippen LogP contribution in [0.3, 0.4) is 0 Å². The van der Waals surface area contributed by atoms with Gasteiger partial charge in [0, 0.05) is 51.0 Å². The molecule has 0 bridgehead atoms. The molecule has 4 heterocycles. The highest BCUT2D eigenvalue weighted by atomic mass is 19.1. The lowest BCUT2D eigenvalue weighted by molar-refractivity contribution is 0.142. The van der Waals surface area contributed by atoms with Crippen LogP contribution in [0.25, 0.3) is 0 Å². The Labute approximate surface area is 170 Å². The highest BCUT2D eigenvalue weighted by Crippen LogP contribution is 2.42. The third-order valence-electron chi connectivity index (χ3n) is 6.41. The van der Waals surface area contributed by atoms with Crippen LogP contribution in [-0.2, 0) is 25.6 Å². The molecule has 1 saturated heterocycles. The highest BCUT2D eigenvalue weighted by Gasteiger charge is 2.42. The van der Waals surface area contributed by atoms with E-state index in [0.29, 0.717) is 5.95 Å². The first-order valence-corrected chi connectivity index (χ1v) is 10.1. The van der Waals surface area contributed by atoms with E-state index in [0.717, 1.165) is 51.4 Å². The predicted molar refractivity (Wildman–Crippen MR) is 109 cm³/mol. The van der Waals surface area contributed by atoms with Crippen molar-refractivity contribution in [2.24, 2.45) is 7.05 Å². The first kappa shape index (κ1) is 18.2. The second-order valence-corrected chi connectivity index (χ2v) is 8.23. The van der Waals surface area contributed by atoms with Gasteiger partial charge in [0.05, 0.1) is 18.9 Å². The number of anilines is 1. The molecule has 1 aromatic carbocycles. The summed E-state index contributed by atoms with van der Waals surface area (Å²) in [6, 6.07) is 8.86. The maximum absolute atomic E-state index is 13.2. The molecule has 6 nitrogen and oxygen atoms in total. The van der Waals surface area contributed by atoms with Crippen molar-refractivity contribution in [3.63, 3.8) is 0 Å². The van der Waals surface area contributed by atoms with Gasteiger partial charge in [-0.2, -0.15) is 0 Å². The molecule has 0 amide bonds. The van der Waals surface area contributed by atoms with E-state index in [1.54, 1.807) is 0 Å². The van der Waals surface area contributed by atoms with Gasteiger partial charge in [-0.25, -0.2) is 19.3 Å². The molecule has 150 valence electrons. The lowest BCUT2D eigenvalue weighted by atomic mass is 9.69. The topological polar surface area (TPSA) is 50.1 Å². The van der Waals surface area contributed by atoms with Crippen LogP contribution in [0.4, 0.5) is 10.3 Å². The van der Waals surface area contributed by atoms with Crippen LogP contribution < -0.4 is 4.90 Å². The van der Waals surface area contributed by atoms with Gasteiger partial charge in [-0.1, -0.05) is 24.3 Å². The van der Waals surface area contributed by atoms with Gasteiger partial charge in [-0.15, -0.1) is 0 Å². The van der Waals surface area contributed by atoms with E-state index in [4.69, 9.17) is 0 Å². The fraction of sp³-hybridized carbons (Fsp3) is 0.409. The minimum atomic E-state index is -0.395. The van der Waals surface area contributed by atoms with Crippen LogP contribution in [-0.4, -0.2) is 44.1 Å². The van der Waals surface area contributed by atoms with E-state index < -0.39 is 5.82 Å². The summed E-state index contributed by atoms with van der Waals surface area (Å²) in [4.78, 5) is 17.6. The number of hydrogen-bond donors (Lipinski definition) is 0. The minimum absolute atomic E-state index is 0.122. The summed E-state index contributed by atoms with van der Waals surface area (Å²) in [5.74, 6) is 1.32. The van der Waals surface area contributed by atoms with Crippen LogP contribution in [0, 0.1) is 5.82 Å². The number of fused-ring (bicyclic) bond motifs is 2. The molecular weight excluding hydrogens is 367 g/mol. The van der Waals surface area contributed by atoms with E-state index in [-0.39, 0.29) is 5.41 Å². The standard InChI is InChI=1S/C22H25FN6/c1-27-11-8-24-20(27)15-28-14-17-4-2-3-5-19(17)22(16-28)6-9-29(10-7-22)21-25-12-18(23)13-26-21/h2-5,8,11-13H,6-7,9-10,14-16H2,1H3. The van der Waals surface area contributed by atoms with Gasteiger partial charge >= 0.3 is 0 Å².